The van der Waals surface area contributed by atoms with Crippen LogP contribution in [0.25, 0.3) is 0 Å². The SMILES string of the molecule is CCCCC(=O)COc1cccc(OS(=O)(=O)C(F)(F)F)c1P. The van der Waals surface area contributed by atoms with Gasteiger partial charge in [0, 0.05) is 6.42 Å². The quantitative estimate of drug-likeness (QED) is 0.399. The molecule has 0 aromatic heterocycles. The highest BCUT2D eigenvalue weighted by Gasteiger charge is 2.48. The molecule has 1 rings (SSSR count). The van der Waals surface area contributed by atoms with Crippen LogP contribution in [0, 0.1) is 0 Å². The fourth-order valence-corrected chi connectivity index (χ4v) is 2.39. The summed E-state index contributed by atoms with van der Waals surface area (Å²) in [6, 6.07) is 3.71. The average Bonchev–Trinajstić information content (AvgIpc) is 2.44. The molecule has 1 unspecified atom stereocenters. The van der Waals surface area contributed by atoms with Gasteiger partial charge >= 0.3 is 15.6 Å². The van der Waals surface area contributed by atoms with E-state index in [1.165, 1.54) is 12.1 Å². The second-order valence-electron chi connectivity index (χ2n) is 4.58. The Morgan fingerprint density at radius 3 is 2.43 bits per heavy atom. The third-order valence-electron chi connectivity index (χ3n) is 2.71. The minimum absolute atomic E-state index is 0.0244. The molecule has 0 fully saturated rings. The van der Waals surface area contributed by atoms with Gasteiger partial charge in [-0.15, -0.1) is 0 Å². The Bertz CT molecular complexity index is 658. The second kappa shape index (κ2) is 7.97. The molecular formula is C13H16F3O5PS. The third kappa shape index (κ3) is 5.66. The molecule has 23 heavy (non-hydrogen) atoms. The average molecular weight is 372 g/mol. The van der Waals surface area contributed by atoms with E-state index in [9.17, 15) is 26.4 Å². The van der Waals surface area contributed by atoms with Crippen molar-refractivity contribution >= 4 is 30.4 Å². The number of carbonyl (C=O) groups is 1. The number of carbonyl (C=O) groups excluding carboxylic acids is 1. The van der Waals surface area contributed by atoms with Crippen LogP contribution >= 0.6 is 9.24 Å². The van der Waals surface area contributed by atoms with Crippen LogP contribution in [-0.4, -0.2) is 26.3 Å². The summed E-state index contributed by atoms with van der Waals surface area (Å²) in [7, 11) is -3.73. The summed E-state index contributed by atoms with van der Waals surface area (Å²) in [6.45, 7) is 1.67. The molecule has 0 spiro atoms. The van der Waals surface area contributed by atoms with Crippen molar-refractivity contribution in [3.8, 4) is 11.5 Å². The maximum Gasteiger partial charge on any atom is 0.534 e. The molecule has 5 nitrogen and oxygen atoms in total. The predicted molar refractivity (Wildman–Crippen MR) is 81.4 cm³/mol. The number of ether oxygens (including phenoxy) is 1. The van der Waals surface area contributed by atoms with Crippen molar-refractivity contribution in [3.63, 3.8) is 0 Å². The Balaban J connectivity index is 2.85. The van der Waals surface area contributed by atoms with Gasteiger partial charge in [0.2, 0.25) is 0 Å². The van der Waals surface area contributed by atoms with Crippen molar-refractivity contribution < 1.29 is 35.3 Å². The van der Waals surface area contributed by atoms with Gasteiger partial charge in [-0.25, -0.2) is 0 Å². The van der Waals surface area contributed by atoms with Crippen LogP contribution in [-0.2, 0) is 14.9 Å². The van der Waals surface area contributed by atoms with Gasteiger partial charge < -0.3 is 8.92 Å². The largest absolute Gasteiger partial charge is 0.534 e. The number of hydrogen-bond acceptors (Lipinski definition) is 5. The van der Waals surface area contributed by atoms with Gasteiger partial charge in [0.25, 0.3) is 0 Å². The molecule has 0 aliphatic rings. The van der Waals surface area contributed by atoms with Crippen LogP contribution in [0.15, 0.2) is 18.2 Å². The van der Waals surface area contributed by atoms with Crippen molar-refractivity contribution in [1.82, 2.24) is 0 Å². The molecule has 0 aliphatic carbocycles. The number of rotatable bonds is 8. The molecule has 0 heterocycles. The Morgan fingerprint density at radius 2 is 1.87 bits per heavy atom. The predicted octanol–water partition coefficient (Wildman–Crippen LogP) is 2.55. The molecule has 10 heteroatoms. The number of hydrogen-bond donors (Lipinski definition) is 0. The molecule has 0 N–H and O–H groups in total. The standard InChI is InChI=1S/C13H16F3O5PS/c1-2-3-5-9(17)8-20-10-6-4-7-11(12(10)22)21-23(18,19)13(14,15)16/h4,6-7H,2-3,5,8,22H2,1H3. The topological polar surface area (TPSA) is 69.7 Å². The van der Waals surface area contributed by atoms with Gasteiger partial charge in [0.1, 0.15) is 12.4 Å². The monoisotopic (exact) mass is 372 g/mol. The van der Waals surface area contributed by atoms with Crippen molar-refractivity contribution in [3.05, 3.63) is 18.2 Å². The highest BCUT2D eigenvalue weighted by atomic mass is 32.2. The third-order valence-corrected chi connectivity index (χ3v) is 4.24. The molecule has 1 atom stereocenters. The van der Waals surface area contributed by atoms with E-state index in [0.29, 0.717) is 12.8 Å². The number of unbranched alkanes of at least 4 members (excludes halogenated alkanes) is 1. The Labute approximate surface area is 134 Å². The summed E-state index contributed by atoms with van der Waals surface area (Å²) < 4.78 is 68.3. The first-order chi connectivity index (χ1) is 10.6. The first-order valence-corrected chi connectivity index (χ1v) is 8.60. The molecule has 0 bridgehead atoms. The Morgan fingerprint density at radius 1 is 1.26 bits per heavy atom. The molecule has 0 amide bonds. The normalized spacial score (nSPS) is 12.0. The number of Topliss-reactive ketones (excluding diaryl/α,β-unsaturated/α-hetero) is 1. The van der Waals surface area contributed by atoms with E-state index >= 15 is 0 Å². The first-order valence-electron chi connectivity index (χ1n) is 6.62. The molecular weight excluding hydrogens is 356 g/mol. The number of halogens is 3. The van der Waals surface area contributed by atoms with Gasteiger partial charge in [-0.1, -0.05) is 28.7 Å². The van der Waals surface area contributed by atoms with E-state index in [1.807, 2.05) is 16.2 Å². The summed E-state index contributed by atoms with van der Waals surface area (Å²) in [5.41, 5.74) is -5.53. The van der Waals surface area contributed by atoms with E-state index in [2.05, 4.69) is 4.18 Å². The van der Waals surface area contributed by atoms with E-state index < -0.39 is 21.4 Å². The van der Waals surface area contributed by atoms with Crippen molar-refractivity contribution in [2.75, 3.05) is 6.61 Å². The second-order valence-corrected chi connectivity index (χ2v) is 6.70. The van der Waals surface area contributed by atoms with Gasteiger partial charge in [-0.05, 0) is 18.6 Å². The zero-order chi connectivity index (χ0) is 17.7. The minimum atomic E-state index is -5.77. The van der Waals surface area contributed by atoms with Crippen LogP contribution in [0.4, 0.5) is 13.2 Å². The smallest absolute Gasteiger partial charge is 0.485 e. The van der Waals surface area contributed by atoms with Gasteiger partial charge in [0.05, 0.1) is 5.30 Å². The Kier molecular flexibility index (Phi) is 6.83. The fraction of sp³-hybridized carbons (Fsp3) is 0.462. The lowest BCUT2D eigenvalue weighted by Crippen LogP contribution is -2.29. The van der Waals surface area contributed by atoms with Crippen molar-refractivity contribution in [2.24, 2.45) is 0 Å². The molecule has 0 saturated carbocycles. The molecule has 0 radical (unpaired) electrons. The maximum atomic E-state index is 12.3. The Hall–Kier alpha value is -1.34. The zero-order valence-electron chi connectivity index (χ0n) is 12.2. The van der Waals surface area contributed by atoms with Crippen LogP contribution in [0.1, 0.15) is 26.2 Å². The number of ketones is 1. The molecule has 0 saturated heterocycles. The van der Waals surface area contributed by atoms with Crippen LogP contribution < -0.4 is 14.2 Å². The minimum Gasteiger partial charge on any atom is -0.485 e. The molecule has 130 valence electrons. The summed E-state index contributed by atoms with van der Waals surface area (Å²) in [5, 5.41) is -0.0244. The lowest BCUT2D eigenvalue weighted by molar-refractivity contribution is -0.121. The van der Waals surface area contributed by atoms with E-state index in [0.717, 1.165) is 12.5 Å². The lowest BCUT2D eigenvalue weighted by Gasteiger charge is -2.14. The summed E-state index contributed by atoms with van der Waals surface area (Å²) in [6.07, 6.45) is 1.89. The zero-order valence-corrected chi connectivity index (χ0v) is 14.2. The summed E-state index contributed by atoms with van der Waals surface area (Å²) in [5.74, 6) is -0.647. The van der Waals surface area contributed by atoms with E-state index in [-0.39, 0.29) is 23.4 Å². The highest BCUT2D eigenvalue weighted by molar-refractivity contribution is 7.88. The molecule has 0 aliphatic heterocycles. The van der Waals surface area contributed by atoms with Crippen LogP contribution in [0.2, 0.25) is 0 Å². The fourth-order valence-electron chi connectivity index (χ4n) is 1.49. The first kappa shape index (κ1) is 19.7. The molecule has 1 aromatic rings. The highest BCUT2D eigenvalue weighted by Crippen LogP contribution is 2.28. The summed E-state index contributed by atoms with van der Waals surface area (Å²) >= 11 is 0. The van der Waals surface area contributed by atoms with Crippen LogP contribution in [0.5, 0.6) is 11.5 Å². The maximum absolute atomic E-state index is 12.3. The number of benzene rings is 1. The van der Waals surface area contributed by atoms with Crippen LogP contribution in [0.3, 0.4) is 0 Å². The van der Waals surface area contributed by atoms with Gasteiger partial charge in [-0.2, -0.15) is 21.6 Å². The van der Waals surface area contributed by atoms with E-state index in [4.69, 9.17) is 4.74 Å². The summed E-state index contributed by atoms with van der Waals surface area (Å²) in [4.78, 5) is 11.5. The lowest BCUT2D eigenvalue weighted by atomic mass is 10.2. The van der Waals surface area contributed by atoms with Crippen molar-refractivity contribution in [2.45, 2.75) is 31.7 Å². The van der Waals surface area contributed by atoms with Crippen molar-refractivity contribution in [1.29, 1.82) is 0 Å². The number of alkyl halides is 3. The van der Waals surface area contributed by atoms with E-state index in [1.54, 1.807) is 0 Å². The molecule has 1 aromatic carbocycles. The van der Waals surface area contributed by atoms with Gasteiger partial charge in [-0.3, -0.25) is 4.79 Å². The van der Waals surface area contributed by atoms with Gasteiger partial charge in [0.15, 0.2) is 11.5 Å².